The zero-order valence-electron chi connectivity index (χ0n) is 15.5. The largest absolute Gasteiger partial charge is 0.322 e. The molecule has 0 fully saturated rings. The summed E-state index contributed by atoms with van der Waals surface area (Å²) in [5.74, 6) is 0. The van der Waals surface area contributed by atoms with Crippen molar-refractivity contribution >= 4 is 17.1 Å². The summed E-state index contributed by atoms with van der Waals surface area (Å²) in [6, 6.07) is 18.6. The lowest BCUT2D eigenvalue weighted by atomic mass is 9.78. The fraction of sp³-hybridized carbons (Fsp3) is 0.304. The van der Waals surface area contributed by atoms with Crippen LogP contribution in [-0.4, -0.2) is 11.2 Å². The summed E-state index contributed by atoms with van der Waals surface area (Å²) in [6.07, 6.45) is 5.18. The van der Waals surface area contributed by atoms with Gasteiger partial charge in [0.15, 0.2) is 0 Å². The number of fused-ring (bicyclic) bond motifs is 1. The zero-order chi connectivity index (χ0) is 18.6. The summed E-state index contributed by atoms with van der Waals surface area (Å²) >= 11 is 0. The SMILES string of the molecule is CCc1cc2ccc(C(C)(C=N)CCCc3ccccc3)cc2[nH]c1=O. The molecule has 134 valence electrons. The molecule has 3 nitrogen and oxygen atoms in total. The van der Waals surface area contributed by atoms with Crippen LogP contribution >= 0.6 is 0 Å². The van der Waals surface area contributed by atoms with E-state index in [1.165, 1.54) is 11.8 Å². The number of nitrogens with one attached hydrogen (secondary N) is 2. The molecule has 1 aromatic heterocycles. The first kappa shape index (κ1) is 18.1. The highest BCUT2D eigenvalue weighted by atomic mass is 16.1. The Labute approximate surface area is 154 Å². The maximum Gasteiger partial charge on any atom is 0.251 e. The molecule has 0 amide bonds. The number of benzene rings is 2. The molecule has 2 aromatic carbocycles. The van der Waals surface area contributed by atoms with Gasteiger partial charge in [-0.25, -0.2) is 0 Å². The van der Waals surface area contributed by atoms with Gasteiger partial charge in [-0.05, 0) is 54.3 Å². The first-order chi connectivity index (χ1) is 12.6. The minimum Gasteiger partial charge on any atom is -0.322 e. The molecule has 3 rings (SSSR count). The molecule has 0 spiro atoms. The van der Waals surface area contributed by atoms with Gasteiger partial charge in [-0.1, -0.05) is 56.3 Å². The molecule has 0 aliphatic carbocycles. The van der Waals surface area contributed by atoms with E-state index >= 15 is 0 Å². The van der Waals surface area contributed by atoms with E-state index in [0.29, 0.717) is 0 Å². The number of rotatable bonds is 7. The second-order valence-electron chi connectivity index (χ2n) is 7.18. The third-order valence-corrected chi connectivity index (χ3v) is 5.29. The van der Waals surface area contributed by atoms with Crippen LogP contribution in [0.5, 0.6) is 0 Å². The van der Waals surface area contributed by atoms with E-state index in [4.69, 9.17) is 5.41 Å². The number of aryl methyl sites for hydroxylation is 2. The topological polar surface area (TPSA) is 56.7 Å². The molecule has 0 bridgehead atoms. The third kappa shape index (κ3) is 3.77. The summed E-state index contributed by atoms with van der Waals surface area (Å²) in [7, 11) is 0. The van der Waals surface area contributed by atoms with Crippen LogP contribution < -0.4 is 5.56 Å². The molecule has 1 atom stereocenters. The summed E-state index contributed by atoms with van der Waals surface area (Å²) in [5, 5.41) is 9.04. The monoisotopic (exact) mass is 346 g/mol. The second-order valence-corrected chi connectivity index (χ2v) is 7.18. The molecular formula is C23H26N2O. The average molecular weight is 346 g/mol. The Hall–Kier alpha value is -2.68. The highest BCUT2D eigenvalue weighted by Gasteiger charge is 2.24. The smallest absolute Gasteiger partial charge is 0.251 e. The molecule has 1 heterocycles. The van der Waals surface area contributed by atoms with E-state index in [1.54, 1.807) is 0 Å². The summed E-state index contributed by atoms with van der Waals surface area (Å²) in [4.78, 5) is 15.1. The van der Waals surface area contributed by atoms with Gasteiger partial charge in [-0.2, -0.15) is 0 Å². The van der Waals surface area contributed by atoms with Crippen molar-refractivity contribution in [3.05, 3.63) is 81.6 Å². The van der Waals surface area contributed by atoms with E-state index in [0.717, 1.165) is 47.7 Å². The van der Waals surface area contributed by atoms with Gasteiger partial charge in [0.25, 0.3) is 5.56 Å². The Morgan fingerprint density at radius 2 is 1.88 bits per heavy atom. The van der Waals surface area contributed by atoms with Crippen molar-refractivity contribution in [3.63, 3.8) is 0 Å². The molecule has 0 aliphatic heterocycles. The quantitative estimate of drug-likeness (QED) is 0.580. The Bertz CT molecular complexity index is 959. The van der Waals surface area contributed by atoms with Crippen molar-refractivity contribution in [2.45, 2.75) is 44.9 Å². The van der Waals surface area contributed by atoms with Crippen LogP contribution in [0, 0.1) is 5.41 Å². The van der Waals surface area contributed by atoms with Gasteiger partial charge < -0.3 is 10.4 Å². The standard InChI is InChI=1S/C23H26N2O/c1-3-18-14-19-11-12-20(15-21(19)25-22(18)26)23(2,16-24)13-7-10-17-8-5-4-6-9-17/h4-6,8-9,11-12,14-16,24H,3,7,10,13H2,1-2H3,(H,25,26). The van der Waals surface area contributed by atoms with Crippen molar-refractivity contribution in [2.75, 3.05) is 0 Å². The third-order valence-electron chi connectivity index (χ3n) is 5.29. The number of H-pyrrole nitrogens is 1. The highest BCUT2D eigenvalue weighted by molar-refractivity contribution is 5.82. The predicted octanol–water partition coefficient (Wildman–Crippen LogP) is 5.02. The number of aromatic amines is 1. The molecule has 0 saturated heterocycles. The minimum atomic E-state index is -0.330. The van der Waals surface area contributed by atoms with E-state index in [1.807, 2.05) is 25.1 Å². The van der Waals surface area contributed by atoms with Crippen LogP contribution in [0.3, 0.4) is 0 Å². The fourth-order valence-electron chi connectivity index (χ4n) is 3.47. The Morgan fingerprint density at radius 3 is 2.58 bits per heavy atom. The predicted molar refractivity (Wildman–Crippen MR) is 109 cm³/mol. The van der Waals surface area contributed by atoms with Crippen LogP contribution in [0.1, 0.15) is 43.4 Å². The maximum atomic E-state index is 12.1. The molecule has 0 radical (unpaired) electrons. The van der Waals surface area contributed by atoms with Crippen molar-refractivity contribution in [3.8, 4) is 0 Å². The van der Waals surface area contributed by atoms with Gasteiger partial charge in [0.2, 0.25) is 0 Å². The van der Waals surface area contributed by atoms with Gasteiger partial charge in [-0.3, -0.25) is 4.79 Å². The van der Waals surface area contributed by atoms with Crippen LogP contribution in [0.2, 0.25) is 0 Å². The van der Waals surface area contributed by atoms with Crippen molar-refractivity contribution in [2.24, 2.45) is 0 Å². The van der Waals surface area contributed by atoms with Crippen molar-refractivity contribution in [1.82, 2.24) is 4.98 Å². The first-order valence-electron chi connectivity index (χ1n) is 9.28. The molecule has 0 saturated carbocycles. The molecule has 0 aliphatic rings. The van der Waals surface area contributed by atoms with Gasteiger partial charge in [0.1, 0.15) is 0 Å². The zero-order valence-corrected chi connectivity index (χ0v) is 15.5. The van der Waals surface area contributed by atoms with Gasteiger partial charge >= 0.3 is 0 Å². The summed E-state index contributed by atoms with van der Waals surface area (Å²) in [5.41, 5.74) is 3.72. The lowest BCUT2D eigenvalue weighted by molar-refractivity contribution is 0.555. The lowest BCUT2D eigenvalue weighted by Gasteiger charge is -2.26. The normalized spacial score (nSPS) is 13.5. The molecule has 3 aromatic rings. The molecule has 2 N–H and O–H groups in total. The highest BCUT2D eigenvalue weighted by Crippen LogP contribution is 2.30. The van der Waals surface area contributed by atoms with Crippen LogP contribution in [0.15, 0.2) is 59.4 Å². The molecular weight excluding hydrogens is 320 g/mol. The molecule has 26 heavy (non-hydrogen) atoms. The molecule has 3 heteroatoms. The van der Waals surface area contributed by atoms with Gasteiger partial charge in [-0.15, -0.1) is 0 Å². The Morgan fingerprint density at radius 1 is 1.12 bits per heavy atom. The van der Waals surface area contributed by atoms with E-state index in [9.17, 15) is 4.79 Å². The van der Waals surface area contributed by atoms with Crippen molar-refractivity contribution < 1.29 is 0 Å². The van der Waals surface area contributed by atoms with Gasteiger partial charge in [0, 0.05) is 22.7 Å². The molecule has 1 unspecified atom stereocenters. The maximum absolute atomic E-state index is 12.1. The summed E-state index contributed by atoms with van der Waals surface area (Å²) < 4.78 is 0. The summed E-state index contributed by atoms with van der Waals surface area (Å²) in [6.45, 7) is 4.09. The van der Waals surface area contributed by atoms with Crippen molar-refractivity contribution in [1.29, 1.82) is 5.41 Å². The number of hydrogen-bond donors (Lipinski definition) is 2. The number of hydrogen-bond acceptors (Lipinski definition) is 2. The van der Waals surface area contributed by atoms with Gasteiger partial charge in [0.05, 0.1) is 0 Å². The van der Waals surface area contributed by atoms with Crippen LogP contribution in [0.25, 0.3) is 10.9 Å². The lowest BCUT2D eigenvalue weighted by Crippen LogP contribution is -2.24. The van der Waals surface area contributed by atoms with E-state index < -0.39 is 0 Å². The van der Waals surface area contributed by atoms with E-state index in [-0.39, 0.29) is 11.0 Å². The number of pyridine rings is 1. The minimum absolute atomic E-state index is 0.0159. The van der Waals surface area contributed by atoms with Crippen LogP contribution in [0.4, 0.5) is 0 Å². The first-order valence-corrected chi connectivity index (χ1v) is 9.28. The Kier molecular flexibility index (Phi) is 5.36. The van der Waals surface area contributed by atoms with Crippen LogP contribution in [-0.2, 0) is 18.3 Å². The second kappa shape index (κ2) is 7.69. The van der Waals surface area contributed by atoms with E-state index in [2.05, 4.69) is 48.3 Å². The number of aromatic nitrogens is 1. The average Bonchev–Trinajstić information content (AvgIpc) is 2.67. The Balaban J connectivity index is 1.84. The fourth-order valence-corrected chi connectivity index (χ4v) is 3.47.